The van der Waals surface area contributed by atoms with E-state index in [9.17, 15) is 14.4 Å². The van der Waals surface area contributed by atoms with Crippen LogP contribution in [0.2, 0.25) is 0 Å². The largest absolute Gasteiger partial charge is 0.316 e. The summed E-state index contributed by atoms with van der Waals surface area (Å²) in [6, 6.07) is 4.72. The van der Waals surface area contributed by atoms with Gasteiger partial charge in [0.2, 0.25) is 0 Å². The van der Waals surface area contributed by atoms with E-state index in [2.05, 4.69) is 9.97 Å². The Morgan fingerprint density at radius 2 is 1.67 bits per heavy atom. The summed E-state index contributed by atoms with van der Waals surface area (Å²) in [5.41, 5.74) is 0.0309. The average Bonchev–Trinajstić information content (AvgIpc) is 2.19. The second-order valence-electron chi connectivity index (χ2n) is 3.22. The van der Waals surface area contributed by atoms with Gasteiger partial charge in [-0.15, -0.1) is 0 Å². The third-order valence-electron chi connectivity index (χ3n) is 2.13. The van der Waals surface area contributed by atoms with Crippen LogP contribution >= 0.6 is 0 Å². The Kier molecular flexibility index (Phi) is 2.00. The van der Waals surface area contributed by atoms with Gasteiger partial charge in [0.05, 0.1) is 11.0 Å². The quantitative estimate of drug-likeness (QED) is 0.521. The Morgan fingerprint density at radius 3 is 2.27 bits per heavy atom. The normalized spacial score (nSPS) is 10.5. The first kappa shape index (κ1) is 9.39. The number of aromatic nitrogens is 2. The van der Waals surface area contributed by atoms with Crippen LogP contribution < -0.4 is 11.1 Å². The van der Waals surface area contributed by atoms with Crippen LogP contribution in [0, 0.1) is 0 Å². The average molecular weight is 204 g/mol. The zero-order chi connectivity index (χ0) is 11.0. The molecule has 0 aliphatic heterocycles. The van der Waals surface area contributed by atoms with E-state index in [1.165, 1.54) is 13.0 Å². The Balaban J connectivity index is 2.83. The molecule has 5 nitrogen and oxygen atoms in total. The van der Waals surface area contributed by atoms with Gasteiger partial charge in [-0.3, -0.25) is 14.4 Å². The molecule has 0 aliphatic rings. The highest BCUT2D eigenvalue weighted by Crippen LogP contribution is 2.09. The molecule has 2 N–H and O–H groups in total. The van der Waals surface area contributed by atoms with E-state index in [-0.39, 0.29) is 5.78 Å². The molecule has 15 heavy (non-hydrogen) atoms. The molecule has 1 aromatic carbocycles. The lowest BCUT2D eigenvalue weighted by atomic mass is 10.1. The number of hydrogen-bond donors (Lipinski definition) is 2. The molecule has 0 saturated heterocycles. The van der Waals surface area contributed by atoms with E-state index in [1.807, 2.05) is 0 Å². The number of hydrogen-bond acceptors (Lipinski definition) is 3. The smallest absolute Gasteiger partial charge is 0.314 e. The van der Waals surface area contributed by atoms with Gasteiger partial charge < -0.3 is 9.97 Å². The Labute approximate surface area is 83.8 Å². The summed E-state index contributed by atoms with van der Waals surface area (Å²) in [7, 11) is 0. The second-order valence-corrected chi connectivity index (χ2v) is 3.22. The van der Waals surface area contributed by atoms with Crippen LogP contribution in [0.1, 0.15) is 17.3 Å². The van der Waals surface area contributed by atoms with Gasteiger partial charge in [0, 0.05) is 5.56 Å². The number of carbonyl (C=O) groups is 1. The van der Waals surface area contributed by atoms with Crippen molar-refractivity contribution in [3.63, 3.8) is 0 Å². The molecule has 0 bridgehead atoms. The zero-order valence-electron chi connectivity index (χ0n) is 7.96. The maximum atomic E-state index is 11.1. The predicted octanol–water partition coefficient (Wildman–Crippen LogP) is 0.419. The van der Waals surface area contributed by atoms with Gasteiger partial charge in [0.1, 0.15) is 0 Å². The van der Waals surface area contributed by atoms with Crippen LogP contribution in [0.3, 0.4) is 0 Å². The molecule has 0 unspecified atom stereocenters. The molecule has 0 aliphatic carbocycles. The van der Waals surface area contributed by atoms with Crippen molar-refractivity contribution in [2.75, 3.05) is 0 Å². The zero-order valence-corrected chi connectivity index (χ0v) is 7.96. The summed E-state index contributed by atoms with van der Waals surface area (Å²) in [5, 5.41) is 0. The van der Waals surface area contributed by atoms with Crippen LogP contribution in [0.15, 0.2) is 27.8 Å². The topological polar surface area (TPSA) is 82.8 Å². The Morgan fingerprint density at radius 1 is 1.07 bits per heavy atom. The number of carbonyl (C=O) groups excluding carboxylic acids is 1. The minimum Gasteiger partial charge on any atom is -0.316 e. The molecular weight excluding hydrogens is 196 g/mol. The standard InChI is InChI=1S/C10H8N2O3/c1-5(13)6-2-3-7-8(4-6)12-10(15)9(14)11-7/h2-4H,1H3,(H,11,14)(H,12,15). The second kappa shape index (κ2) is 3.20. The lowest BCUT2D eigenvalue weighted by molar-refractivity contribution is 0.101. The first-order chi connectivity index (χ1) is 7.08. The highest BCUT2D eigenvalue weighted by Gasteiger charge is 2.03. The number of Topliss-reactive ketones (excluding diaryl/α,β-unsaturated/α-hetero) is 1. The van der Waals surface area contributed by atoms with Gasteiger partial charge in [-0.2, -0.15) is 0 Å². The molecule has 0 radical (unpaired) electrons. The first-order valence-electron chi connectivity index (χ1n) is 4.35. The van der Waals surface area contributed by atoms with Gasteiger partial charge in [0.15, 0.2) is 5.78 Å². The Bertz CT molecular complexity index is 652. The van der Waals surface area contributed by atoms with E-state index < -0.39 is 11.1 Å². The molecule has 2 rings (SSSR count). The predicted molar refractivity (Wildman–Crippen MR) is 55.2 cm³/mol. The van der Waals surface area contributed by atoms with Crippen molar-refractivity contribution >= 4 is 16.8 Å². The van der Waals surface area contributed by atoms with E-state index >= 15 is 0 Å². The summed E-state index contributed by atoms with van der Waals surface area (Å²) in [6.45, 7) is 1.44. The van der Waals surface area contributed by atoms with Crippen LogP contribution in [0.5, 0.6) is 0 Å². The summed E-state index contributed by atoms with van der Waals surface area (Å²) in [5.74, 6) is -0.0936. The van der Waals surface area contributed by atoms with Crippen molar-refractivity contribution in [2.24, 2.45) is 0 Å². The summed E-state index contributed by atoms with van der Waals surface area (Å²) >= 11 is 0. The molecule has 1 heterocycles. The van der Waals surface area contributed by atoms with Crippen molar-refractivity contribution < 1.29 is 4.79 Å². The SMILES string of the molecule is CC(=O)c1ccc2[nH]c(=O)c(=O)[nH]c2c1. The molecular formula is C10H8N2O3. The van der Waals surface area contributed by atoms with Gasteiger partial charge in [-0.05, 0) is 25.1 Å². The third kappa shape index (κ3) is 1.59. The number of benzene rings is 1. The van der Waals surface area contributed by atoms with Gasteiger partial charge in [-0.25, -0.2) is 0 Å². The maximum absolute atomic E-state index is 11.1. The number of rotatable bonds is 1. The molecule has 2 aromatic rings. The molecule has 5 heteroatoms. The minimum absolute atomic E-state index is 0.0936. The molecule has 0 fully saturated rings. The van der Waals surface area contributed by atoms with Crippen LogP contribution in [-0.4, -0.2) is 15.8 Å². The Hall–Kier alpha value is -2.17. The van der Waals surface area contributed by atoms with Gasteiger partial charge >= 0.3 is 11.1 Å². The fourth-order valence-corrected chi connectivity index (χ4v) is 1.33. The number of ketones is 1. The number of nitrogens with one attached hydrogen (secondary N) is 2. The van der Waals surface area contributed by atoms with Crippen LogP contribution in [-0.2, 0) is 0 Å². The van der Waals surface area contributed by atoms with Crippen LogP contribution in [0.25, 0.3) is 11.0 Å². The number of aromatic amines is 2. The number of H-pyrrole nitrogens is 2. The van der Waals surface area contributed by atoms with E-state index in [0.717, 1.165) is 0 Å². The van der Waals surface area contributed by atoms with Crippen molar-refractivity contribution in [3.8, 4) is 0 Å². The molecule has 0 amide bonds. The summed E-state index contributed by atoms with van der Waals surface area (Å²) in [6.07, 6.45) is 0. The van der Waals surface area contributed by atoms with Gasteiger partial charge in [-0.1, -0.05) is 0 Å². The lowest BCUT2D eigenvalue weighted by Crippen LogP contribution is -2.28. The van der Waals surface area contributed by atoms with E-state index in [1.54, 1.807) is 12.1 Å². The molecule has 76 valence electrons. The van der Waals surface area contributed by atoms with E-state index in [4.69, 9.17) is 0 Å². The minimum atomic E-state index is -0.719. The third-order valence-corrected chi connectivity index (χ3v) is 2.13. The summed E-state index contributed by atoms with van der Waals surface area (Å²) < 4.78 is 0. The monoisotopic (exact) mass is 204 g/mol. The van der Waals surface area contributed by atoms with Crippen LogP contribution in [0.4, 0.5) is 0 Å². The highest BCUT2D eigenvalue weighted by atomic mass is 16.2. The van der Waals surface area contributed by atoms with E-state index in [0.29, 0.717) is 16.6 Å². The molecule has 1 aromatic heterocycles. The maximum Gasteiger partial charge on any atom is 0.314 e. The fourth-order valence-electron chi connectivity index (χ4n) is 1.33. The molecule has 0 saturated carbocycles. The molecule has 0 atom stereocenters. The van der Waals surface area contributed by atoms with Crippen molar-refractivity contribution in [2.45, 2.75) is 6.92 Å². The van der Waals surface area contributed by atoms with Crippen molar-refractivity contribution in [3.05, 3.63) is 44.5 Å². The lowest BCUT2D eigenvalue weighted by Gasteiger charge is -1.99. The van der Waals surface area contributed by atoms with Crippen molar-refractivity contribution in [1.82, 2.24) is 9.97 Å². The first-order valence-corrected chi connectivity index (χ1v) is 4.35. The molecule has 0 spiro atoms. The number of fused-ring (bicyclic) bond motifs is 1. The summed E-state index contributed by atoms with van der Waals surface area (Å²) in [4.78, 5) is 37.9. The van der Waals surface area contributed by atoms with Gasteiger partial charge in [0.25, 0.3) is 0 Å². The highest BCUT2D eigenvalue weighted by molar-refractivity contribution is 5.97. The fraction of sp³-hybridized carbons (Fsp3) is 0.100. The van der Waals surface area contributed by atoms with Crippen molar-refractivity contribution in [1.29, 1.82) is 0 Å².